The van der Waals surface area contributed by atoms with Crippen molar-refractivity contribution in [3.63, 3.8) is 0 Å². The van der Waals surface area contributed by atoms with E-state index in [0.29, 0.717) is 12.3 Å². The second kappa shape index (κ2) is 5.48. The third-order valence-corrected chi connectivity index (χ3v) is 3.85. The molecule has 0 unspecified atom stereocenters. The van der Waals surface area contributed by atoms with Crippen molar-refractivity contribution < 1.29 is 4.74 Å². The number of benzene rings is 2. The molecule has 5 heteroatoms. The van der Waals surface area contributed by atoms with Crippen LogP contribution in [0.5, 0.6) is 0 Å². The number of anilines is 3. The topological polar surface area (TPSA) is 60.2 Å². The van der Waals surface area contributed by atoms with E-state index in [9.17, 15) is 0 Å². The summed E-state index contributed by atoms with van der Waals surface area (Å²) in [6, 6.07) is 12.1. The summed E-state index contributed by atoms with van der Waals surface area (Å²) in [5, 5.41) is 3.34. The Balaban J connectivity index is 1.92. The molecular weight excluding hydrogens is 270 g/mol. The van der Waals surface area contributed by atoms with Gasteiger partial charge in [-0.3, -0.25) is 0 Å². The highest BCUT2D eigenvalue weighted by Gasteiger charge is 2.07. The largest absolute Gasteiger partial charge is 0.395 e. The Morgan fingerprint density at radius 1 is 1.30 bits per heavy atom. The van der Waals surface area contributed by atoms with Crippen molar-refractivity contribution in [2.24, 2.45) is 0 Å². The van der Waals surface area contributed by atoms with Crippen LogP contribution in [0, 0.1) is 0 Å². The summed E-state index contributed by atoms with van der Waals surface area (Å²) in [5.41, 5.74) is 12.5. The van der Waals surface area contributed by atoms with Gasteiger partial charge in [-0.2, -0.15) is 0 Å². The minimum atomic E-state index is 0.593. The molecule has 0 aliphatic carbocycles. The van der Waals surface area contributed by atoms with Gasteiger partial charge in [-0.1, -0.05) is 12.1 Å². The predicted molar refractivity (Wildman–Crippen MR) is 84.5 cm³/mol. The van der Waals surface area contributed by atoms with E-state index in [-0.39, 0.29) is 0 Å². The highest BCUT2D eigenvalue weighted by atomic mass is 32.1. The Hall–Kier alpha value is -2.11. The van der Waals surface area contributed by atoms with Gasteiger partial charge in [0.25, 0.3) is 0 Å². The molecule has 3 rings (SSSR count). The fourth-order valence-electron chi connectivity index (χ4n) is 2.12. The summed E-state index contributed by atoms with van der Waals surface area (Å²) >= 11 is 1.59. The van der Waals surface area contributed by atoms with Gasteiger partial charge in [-0.05, 0) is 29.8 Å². The first kappa shape index (κ1) is 12.9. The maximum absolute atomic E-state index is 6.16. The number of nitrogens with zero attached hydrogens (tertiary/aromatic N) is 1. The molecule has 0 aliphatic heterocycles. The molecule has 0 saturated heterocycles. The van der Waals surface area contributed by atoms with Crippen LogP contribution in [0.2, 0.25) is 0 Å². The van der Waals surface area contributed by atoms with Crippen molar-refractivity contribution in [2.45, 2.75) is 6.61 Å². The van der Waals surface area contributed by atoms with Gasteiger partial charge < -0.3 is 15.8 Å². The Morgan fingerprint density at radius 2 is 2.20 bits per heavy atom. The molecule has 0 bridgehead atoms. The first-order valence-electron chi connectivity index (χ1n) is 6.24. The van der Waals surface area contributed by atoms with E-state index < -0.39 is 0 Å². The molecule has 1 heterocycles. The van der Waals surface area contributed by atoms with E-state index in [1.165, 1.54) is 0 Å². The summed E-state index contributed by atoms with van der Waals surface area (Å²) in [7, 11) is 1.69. The highest BCUT2D eigenvalue weighted by molar-refractivity contribution is 7.16. The van der Waals surface area contributed by atoms with Crippen LogP contribution in [0.15, 0.2) is 41.9 Å². The lowest BCUT2D eigenvalue weighted by molar-refractivity contribution is 0.185. The molecule has 4 nitrogen and oxygen atoms in total. The Labute approximate surface area is 121 Å². The highest BCUT2D eigenvalue weighted by Crippen LogP contribution is 2.32. The van der Waals surface area contributed by atoms with E-state index in [1.54, 1.807) is 18.4 Å². The van der Waals surface area contributed by atoms with E-state index in [4.69, 9.17) is 10.5 Å². The van der Waals surface area contributed by atoms with Crippen molar-refractivity contribution in [3.05, 3.63) is 47.5 Å². The van der Waals surface area contributed by atoms with Crippen LogP contribution in [0.3, 0.4) is 0 Å². The normalized spacial score (nSPS) is 10.8. The molecule has 0 aliphatic rings. The van der Waals surface area contributed by atoms with Gasteiger partial charge in [0.05, 0.1) is 28.2 Å². The second-order valence-corrected chi connectivity index (χ2v) is 5.37. The summed E-state index contributed by atoms with van der Waals surface area (Å²) < 4.78 is 6.24. The molecule has 20 heavy (non-hydrogen) atoms. The van der Waals surface area contributed by atoms with Gasteiger partial charge in [-0.15, -0.1) is 11.3 Å². The summed E-state index contributed by atoms with van der Waals surface area (Å²) in [6.07, 6.45) is 0. The van der Waals surface area contributed by atoms with E-state index >= 15 is 0 Å². The molecule has 3 N–H and O–H groups in total. The van der Waals surface area contributed by atoms with Crippen LogP contribution in [-0.2, 0) is 11.3 Å². The fourth-order valence-corrected chi connectivity index (χ4v) is 2.81. The summed E-state index contributed by atoms with van der Waals surface area (Å²) in [5.74, 6) is 0. The number of rotatable bonds is 4. The quantitative estimate of drug-likeness (QED) is 0.716. The molecule has 3 aromatic rings. The lowest BCUT2D eigenvalue weighted by atomic mass is 10.2. The number of thiazole rings is 1. The average molecular weight is 285 g/mol. The van der Waals surface area contributed by atoms with Gasteiger partial charge in [0.2, 0.25) is 0 Å². The number of methoxy groups -OCH3 is 1. The molecule has 0 atom stereocenters. The zero-order valence-electron chi connectivity index (χ0n) is 11.1. The van der Waals surface area contributed by atoms with Crippen LogP contribution in [0.25, 0.3) is 10.2 Å². The lowest BCUT2D eigenvalue weighted by Crippen LogP contribution is -1.98. The van der Waals surface area contributed by atoms with Crippen LogP contribution >= 0.6 is 11.3 Å². The smallest absolute Gasteiger partial charge is 0.106 e. The van der Waals surface area contributed by atoms with E-state index in [0.717, 1.165) is 27.2 Å². The van der Waals surface area contributed by atoms with Gasteiger partial charge >= 0.3 is 0 Å². The molecule has 0 radical (unpaired) electrons. The van der Waals surface area contributed by atoms with E-state index in [1.807, 2.05) is 41.9 Å². The zero-order chi connectivity index (χ0) is 13.9. The van der Waals surface area contributed by atoms with Crippen LogP contribution < -0.4 is 11.1 Å². The third kappa shape index (κ3) is 2.45. The van der Waals surface area contributed by atoms with Gasteiger partial charge in [0.15, 0.2) is 0 Å². The molecular formula is C15H15N3OS. The number of nitrogens with one attached hydrogen (secondary N) is 1. The van der Waals surface area contributed by atoms with Gasteiger partial charge in [0.1, 0.15) is 5.52 Å². The number of nitrogen functional groups attached to an aromatic ring is 1. The minimum Gasteiger partial charge on any atom is -0.395 e. The molecule has 0 saturated carbocycles. The van der Waals surface area contributed by atoms with Crippen molar-refractivity contribution >= 4 is 38.6 Å². The van der Waals surface area contributed by atoms with Crippen molar-refractivity contribution in [3.8, 4) is 0 Å². The SMILES string of the molecule is COCc1cccc(Nc2ccc3scnc3c2N)c1. The molecule has 1 aromatic heterocycles. The maximum Gasteiger partial charge on any atom is 0.106 e. The fraction of sp³-hybridized carbons (Fsp3) is 0.133. The van der Waals surface area contributed by atoms with Gasteiger partial charge in [0, 0.05) is 12.8 Å². The predicted octanol–water partition coefficient (Wildman–Crippen LogP) is 3.77. The first-order chi connectivity index (χ1) is 9.78. The van der Waals surface area contributed by atoms with Crippen LogP contribution in [0.4, 0.5) is 17.1 Å². The number of hydrogen-bond acceptors (Lipinski definition) is 5. The molecule has 0 amide bonds. The maximum atomic E-state index is 6.16. The summed E-state index contributed by atoms with van der Waals surface area (Å²) in [6.45, 7) is 0.593. The first-order valence-corrected chi connectivity index (χ1v) is 7.12. The third-order valence-electron chi connectivity index (χ3n) is 3.06. The summed E-state index contributed by atoms with van der Waals surface area (Å²) in [4.78, 5) is 4.30. The molecule has 2 aromatic carbocycles. The Morgan fingerprint density at radius 3 is 3.05 bits per heavy atom. The number of fused-ring (bicyclic) bond motifs is 1. The zero-order valence-corrected chi connectivity index (χ0v) is 11.9. The Bertz CT molecular complexity index is 739. The number of ether oxygens (including phenoxy) is 1. The molecule has 0 fully saturated rings. The molecule has 102 valence electrons. The van der Waals surface area contributed by atoms with E-state index in [2.05, 4.69) is 10.3 Å². The van der Waals surface area contributed by atoms with Crippen LogP contribution in [-0.4, -0.2) is 12.1 Å². The molecule has 0 spiro atoms. The number of hydrogen-bond donors (Lipinski definition) is 2. The van der Waals surface area contributed by atoms with Crippen molar-refractivity contribution in [2.75, 3.05) is 18.2 Å². The average Bonchev–Trinajstić information content (AvgIpc) is 2.92. The monoisotopic (exact) mass is 285 g/mol. The van der Waals surface area contributed by atoms with Crippen LogP contribution in [0.1, 0.15) is 5.56 Å². The number of nitrogens with two attached hydrogens (primary N) is 1. The van der Waals surface area contributed by atoms with Crippen molar-refractivity contribution in [1.29, 1.82) is 0 Å². The second-order valence-electron chi connectivity index (χ2n) is 4.48. The van der Waals surface area contributed by atoms with Gasteiger partial charge in [-0.25, -0.2) is 4.98 Å². The Kier molecular flexibility index (Phi) is 3.54. The standard InChI is InChI=1S/C15H15N3OS/c1-19-8-10-3-2-4-11(7-10)18-12-5-6-13-15(14(12)16)17-9-20-13/h2-7,9,18H,8,16H2,1H3. The number of aromatic nitrogens is 1. The lowest BCUT2D eigenvalue weighted by Gasteiger charge is -2.11. The minimum absolute atomic E-state index is 0.593. The van der Waals surface area contributed by atoms with Crippen molar-refractivity contribution in [1.82, 2.24) is 4.98 Å².